The number of fused-ring (bicyclic) bond motifs is 3. The first kappa shape index (κ1) is 9.44. The Labute approximate surface area is 81.1 Å². The van der Waals surface area contributed by atoms with E-state index in [0.29, 0.717) is 6.04 Å². The second-order valence-electron chi connectivity index (χ2n) is 4.55. The second kappa shape index (κ2) is 3.95. The van der Waals surface area contributed by atoms with Crippen LogP contribution in [0.25, 0.3) is 0 Å². The molecule has 0 aliphatic carbocycles. The van der Waals surface area contributed by atoms with Gasteiger partial charge in [-0.3, -0.25) is 9.80 Å². The number of rotatable bonds is 3. The first-order valence-electron chi connectivity index (χ1n) is 5.45. The predicted molar refractivity (Wildman–Crippen MR) is 54.9 cm³/mol. The minimum atomic E-state index is 0.622. The smallest absolute Gasteiger partial charge is 0.0349 e. The molecule has 3 heterocycles. The van der Waals surface area contributed by atoms with Crippen molar-refractivity contribution in [1.29, 1.82) is 0 Å². The van der Waals surface area contributed by atoms with E-state index in [1.807, 2.05) is 0 Å². The Morgan fingerprint density at radius 3 is 2.38 bits per heavy atom. The summed E-state index contributed by atoms with van der Waals surface area (Å²) >= 11 is 0. The minimum absolute atomic E-state index is 0.622. The number of hydrogen-bond donors (Lipinski definition) is 1. The molecule has 13 heavy (non-hydrogen) atoms. The summed E-state index contributed by atoms with van der Waals surface area (Å²) in [4.78, 5) is 5.22. The van der Waals surface area contributed by atoms with Crippen molar-refractivity contribution >= 4 is 0 Å². The Balaban J connectivity index is 1.80. The zero-order valence-electron chi connectivity index (χ0n) is 8.79. The fourth-order valence-electron chi connectivity index (χ4n) is 2.29. The first-order valence-corrected chi connectivity index (χ1v) is 5.45. The van der Waals surface area contributed by atoms with E-state index in [1.165, 1.54) is 32.7 Å². The Bertz CT molecular complexity index is 162. The summed E-state index contributed by atoms with van der Waals surface area (Å²) < 4.78 is 0. The average Bonchev–Trinajstić information content (AvgIpc) is 2.17. The maximum absolute atomic E-state index is 3.53. The molecule has 0 amide bonds. The Morgan fingerprint density at radius 1 is 1.23 bits per heavy atom. The van der Waals surface area contributed by atoms with Crippen molar-refractivity contribution in [3.8, 4) is 0 Å². The van der Waals surface area contributed by atoms with Gasteiger partial charge in [-0.2, -0.15) is 0 Å². The van der Waals surface area contributed by atoms with E-state index in [1.54, 1.807) is 0 Å². The van der Waals surface area contributed by atoms with Crippen molar-refractivity contribution in [2.75, 3.05) is 39.3 Å². The standard InChI is InChI=1S/C10H21N3/c1-9(2)11-7-10-8-12-3-5-13(10)6-4-12/h9-11H,3-8H2,1-2H3. The van der Waals surface area contributed by atoms with Crippen LogP contribution in [0.2, 0.25) is 0 Å². The van der Waals surface area contributed by atoms with Crippen LogP contribution < -0.4 is 5.32 Å². The van der Waals surface area contributed by atoms with E-state index in [2.05, 4.69) is 29.0 Å². The number of nitrogens with one attached hydrogen (secondary N) is 1. The lowest BCUT2D eigenvalue weighted by atomic mass is 10.1. The number of hydrogen-bond acceptors (Lipinski definition) is 3. The summed E-state index contributed by atoms with van der Waals surface area (Å²) in [6.07, 6.45) is 0. The van der Waals surface area contributed by atoms with Gasteiger partial charge < -0.3 is 5.32 Å². The fraction of sp³-hybridized carbons (Fsp3) is 1.00. The van der Waals surface area contributed by atoms with Crippen molar-refractivity contribution in [1.82, 2.24) is 15.1 Å². The normalized spacial score (nSPS) is 38.5. The molecule has 3 saturated heterocycles. The molecule has 3 nitrogen and oxygen atoms in total. The number of nitrogens with zero attached hydrogens (tertiary/aromatic N) is 2. The lowest BCUT2D eigenvalue weighted by Gasteiger charge is -2.47. The molecule has 0 aromatic carbocycles. The molecule has 1 atom stereocenters. The van der Waals surface area contributed by atoms with Gasteiger partial charge in [0.25, 0.3) is 0 Å². The van der Waals surface area contributed by atoms with Crippen LogP contribution in [0.15, 0.2) is 0 Å². The third-order valence-corrected chi connectivity index (χ3v) is 3.15. The SMILES string of the molecule is CC(C)NCC1CN2CCN1CC2. The van der Waals surface area contributed by atoms with Crippen LogP contribution in [0.5, 0.6) is 0 Å². The van der Waals surface area contributed by atoms with E-state index in [9.17, 15) is 0 Å². The van der Waals surface area contributed by atoms with E-state index < -0.39 is 0 Å². The molecule has 0 saturated carbocycles. The molecule has 3 fully saturated rings. The maximum Gasteiger partial charge on any atom is 0.0349 e. The van der Waals surface area contributed by atoms with Crippen molar-refractivity contribution < 1.29 is 0 Å². The summed E-state index contributed by atoms with van der Waals surface area (Å²) in [6, 6.07) is 1.39. The lowest BCUT2D eigenvalue weighted by Crippen LogP contribution is -2.63. The molecule has 3 heteroatoms. The Morgan fingerprint density at radius 2 is 1.92 bits per heavy atom. The Hall–Kier alpha value is -0.120. The quantitative estimate of drug-likeness (QED) is 0.663. The molecule has 3 aliphatic heterocycles. The fourth-order valence-corrected chi connectivity index (χ4v) is 2.29. The summed E-state index contributed by atoms with van der Waals surface area (Å²) in [5, 5.41) is 3.53. The summed E-state index contributed by atoms with van der Waals surface area (Å²) in [5.74, 6) is 0. The van der Waals surface area contributed by atoms with Crippen LogP contribution in [-0.4, -0.2) is 61.2 Å². The predicted octanol–water partition coefficient (Wildman–Crippen LogP) is -0.0158. The van der Waals surface area contributed by atoms with E-state index in [-0.39, 0.29) is 0 Å². The van der Waals surface area contributed by atoms with Crippen LogP contribution in [0, 0.1) is 0 Å². The molecule has 1 N–H and O–H groups in total. The molecule has 3 rings (SSSR count). The average molecular weight is 183 g/mol. The number of piperazine rings is 3. The molecule has 2 bridgehead atoms. The molecule has 0 aromatic heterocycles. The molecule has 76 valence electrons. The topological polar surface area (TPSA) is 18.5 Å². The maximum atomic E-state index is 3.53. The van der Waals surface area contributed by atoms with Gasteiger partial charge in [-0.15, -0.1) is 0 Å². The second-order valence-corrected chi connectivity index (χ2v) is 4.55. The zero-order valence-corrected chi connectivity index (χ0v) is 8.79. The van der Waals surface area contributed by atoms with Gasteiger partial charge >= 0.3 is 0 Å². The molecule has 0 spiro atoms. The highest BCUT2D eigenvalue weighted by Crippen LogP contribution is 2.14. The van der Waals surface area contributed by atoms with E-state index in [4.69, 9.17) is 0 Å². The van der Waals surface area contributed by atoms with Crippen LogP contribution in [0.1, 0.15) is 13.8 Å². The third-order valence-electron chi connectivity index (χ3n) is 3.15. The molecule has 1 unspecified atom stereocenters. The minimum Gasteiger partial charge on any atom is -0.313 e. The van der Waals surface area contributed by atoms with Gasteiger partial charge in [-0.25, -0.2) is 0 Å². The lowest BCUT2D eigenvalue weighted by molar-refractivity contribution is 0.0131. The van der Waals surface area contributed by atoms with E-state index >= 15 is 0 Å². The van der Waals surface area contributed by atoms with E-state index in [0.717, 1.165) is 12.6 Å². The van der Waals surface area contributed by atoms with Gasteiger partial charge in [-0.05, 0) is 0 Å². The van der Waals surface area contributed by atoms with Crippen LogP contribution in [-0.2, 0) is 0 Å². The van der Waals surface area contributed by atoms with Gasteiger partial charge in [0.15, 0.2) is 0 Å². The van der Waals surface area contributed by atoms with Crippen LogP contribution in [0.4, 0.5) is 0 Å². The highest BCUT2D eigenvalue weighted by molar-refractivity contribution is 4.89. The highest BCUT2D eigenvalue weighted by Gasteiger charge is 2.31. The van der Waals surface area contributed by atoms with Crippen LogP contribution in [0.3, 0.4) is 0 Å². The first-order chi connectivity index (χ1) is 6.25. The van der Waals surface area contributed by atoms with Crippen molar-refractivity contribution in [2.45, 2.75) is 25.9 Å². The highest BCUT2D eigenvalue weighted by atomic mass is 15.3. The summed E-state index contributed by atoms with van der Waals surface area (Å²) in [6.45, 7) is 12.0. The zero-order chi connectivity index (χ0) is 9.26. The van der Waals surface area contributed by atoms with Gasteiger partial charge in [-0.1, -0.05) is 13.8 Å². The van der Waals surface area contributed by atoms with Crippen molar-refractivity contribution in [3.05, 3.63) is 0 Å². The third kappa shape index (κ3) is 2.22. The molecule has 0 aromatic rings. The van der Waals surface area contributed by atoms with Crippen molar-refractivity contribution in [2.24, 2.45) is 0 Å². The molecular formula is C10H21N3. The van der Waals surface area contributed by atoms with Gasteiger partial charge in [0.05, 0.1) is 0 Å². The van der Waals surface area contributed by atoms with Crippen molar-refractivity contribution in [3.63, 3.8) is 0 Å². The van der Waals surface area contributed by atoms with Crippen LogP contribution >= 0.6 is 0 Å². The van der Waals surface area contributed by atoms with Gasteiger partial charge in [0, 0.05) is 51.4 Å². The summed E-state index contributed by atoms with van der Waals surface area (Å²) in [7, 11) is 0. The van der Waals surface area contributed by atoms with Gasteiger partial charge in [0.1, 0.15) is 0 Å². The summed E-state index contributed by atoms with van der Waals surface area (Å²) in [5.41, 5.74) is 0. The largest absolute Gasteiger partial charge is 0.313 e. The molecular weight excluding hydrogens is 162 g/mol. The Kier molecular flexibility index (Phi) is 2.86. The van der Waals surface area contributed by atoms with Gasteiger partial charge in [0.2, 0.25) is 0 Å². The monoisotopic (exact) mass is 183 g/mol. The molecule has 3 aliphatic rings. The molecule has 0 radical (unpaired) electrons.